The Kier molecular flexibility index (Phi) is 5.68. The minimum atomic E-state index is -0.843. The number of nitrogens with zero attached hydrogens (tertiary/aromatic N) is 1. The Morgan fingerprint density at radius 1 is 0.971 bits per heavy atom. The summed E-state index contributed by atoms with van der Waals surface area (Å²) in [6.07, 6.45) is 0.00153. The van der Waals surface area contributed by atoms with E-state index < -0.39 is 17.7 Å². The summed E-state index contributed by atoms with van der Waals surface area (Å²) < 4.78 is 16.6. The quantitative estimate of drug-likeness (QED) is 0.315. The second kappa shape index (κ2) is 8.83. The Labute approximate surface area is 203 Å². The summed E-state index contributed by atoms with van der Waals surface area (Å²) in [4.78, 5) is 28.0. The lowest BCUT2D eigenvalue weighted by atomic mass is 9.94. The van der Waals surface area contributed by atoms with Gasteiger partial charge in [-0.2, -0.15) is 0 Å². The van der Waals surface area contributed by atoms with Crippen molar-refractivity contribution in [3.05, 3.63) is 89.0 Å². The number of benzene rings is 3. The number of hydrogen-bond acceptors (Lipinski definition) is 6. The van der Waals surface area contributed by atoms with Crippen molar-refractivity contribution in [1.29, 1.82) is 0 Å². The third-order valence-corrected chi connectivity index (χ3v) is 5.97. The van der Waals surface area contributed by atoms with Crippen LogP contribution in [-0.2, 0) is 9.59 Å². The van der Waals surface area contributed by atoms with Gasteiger partial charge in [-0.05, 0) is 50.6 Å². The number of aryl methyl sites for hydroxylation is 1. The van der Waals surface area contributed by atoms with Gasteiger partial charge in [-0.3, -0.25) is 14.5 Å². The van der Waals surface area contributed by atoms with Crippen LogP contribution in [-0.4, -0.2) is 29.7 Å². The Balaban J connectivity index is 1.66. The number of carbonyl (C=O) groups is 2. The molecule has 0 saturated carbocycles. The fraction of sp³-hybridized carbons (Fsp3) is 0.214. The first-order chi connectivity index (χ1) is 16.8. The topological polar surface area (TPSA) is 85.3 Å². The molecule has 7 nitrogen and oxygen atoms in total. The van der Waals surface area contributed by atoms with E-state index in [1.54, 1.807) is 54.6 Å². The first-order valence-corrected chi connectivity index (χ1v) is 11.4. The second-order valence-corrected chi connectivity index (χ2v) is 8.81. The molecule has 1 amide bonds. The van der Waals surface area contributed by atoms with Crippen molar-refractivity contribution < 1.29 is 28.9 Å². The van der Waals surface area contributed by atoms with E-state index in [4.69, 9.17) is 14.2 Å². The number of Topliss-reactive ketones (excluding diaryl/α,β-unsaturated/α-hetero) is 1. The maximum Gasteiger partial charge on any atom is 0.300 e. The highest BCUT2D eigenvalue weighted by Gasteiger charge is 2.47. The average Bonchev–Trinajstić information content (AvgIpc) is 3.41. The third kappa shape index (κ3) is 4.10. The predicted octanol–water partition coefficient (Wildman–Crippen LogP) is 5.14. The molecule has 0 radical (unpaired) electrons. The van der Waals surface area contributed by atoms with Crippen LogP contribution in [0, 0.1) is 6.92 Å². The van der Waals surface area contributed by atoms with Gasteiger partial charge < -0.3 is 19.3 Å². The molecule has 2 aliphatic rings. The maximum absolute atomic E-state index is 13.3. The van der Waals surface area contributed by atoms with E-state index in [9.17, 15) is 14.7 Å². The molecule has 35 heavy (non-hydrogen) atoms. The fourth-order valence-electron chi connectivity index (χ4n) is 4.32. The van der Waals surface area contributed by atoms with Crippen molar-refractivity contribution in [2.45, 2.75) is 32.9 Å². The number of ketones is 1. The predicted molar refractivity (Wildman–Crippen MR) is 131 cm³/mol. The Morgan fingerprint density at radius 3 is 2.34 bits per heavy atom. The van der Waals surface area contributed by atoms with Gasteiger partial charge in [0.2, 0.25) is 6.79 Å². The molecule has 1 atom stereocenters. The minimum Gasteiger partial charge on any atom is -0.507 e. The van der Waals surface area contributed by atoms with Gasteiger partial charge in [-0.25, -0.2) is 0 Å². The highest BCUT2D eigenvalue weighted by atomic mass is 16.7. The van der Waals surface area contributed by atoms with Gasteiger partial charge in [0, 0.05) is 17.3 Å². The first kappa shape index (κ1) is 22.5. The number of aliphatic hydroxyl groups is 1. The van der Waals surface area contributed by atoms with Gasteiger partial charge >= 0.3 is 0 Å². The molecule has 0 aromatic heterocycles. The summed E-state index contributed by atoms with van der Waals surface area (Å²) in [5.41, 5.74) is 2.62. The van der Waals surface area contributed by atoms with E-state index in [0.717, 1.165) is 5.56 Å². The van der Waals surface area contributed by atoms with E-state index in [0.29, 0.717) is 34.1 Å². The van der Waals surface area contributed by atoms with Crippen molar-refractivity contribution in [1.82, 2.24) is 0 Å². The maximum atomic E-state index is 13.3. The van der Waals surface area contributed by atoms with Gasteiger partial charge in [0.25, 0.3) is 11.7 Å². The van der Waals surface area contributed by atoms with Crippen LogP contribution < -0.4 is 19.1 Å². The molecule has 3 aromatic carbocycles. The molecule has 2 aliphatic heterocycles. The number of amides is 1. The number of rotatable bonds is 5. The van der Waals surface area contributed by atoms with Crippen molar-refractivity contribution in [2.24, 2.45) is 0 Å². The van der Waals surface area contributed by atoms with Crippen LogP contribution in [0.3, 0.4) is 0 Å². The van der Waals surface area contributed by atoms with Crippen LogP contribution in [0.5, 0.6) is 17.2 Å². The van der Waals surface area contributed by atoms with Crippen molar-refractivity contribution >= 4 is 23.1 Å². The normalized spacial score (nSPS) is 18.4. The summed E-state index contributed by atoms with van der Waals surface area (Å²) in [7, 11) is 0. The van der Waals surface area contributed by atoms with E-state index in [2.05, 4.69) is 0 Å². The number of aliphatic hydroxyl groups excluding tert-OH is 1. The SMILES string of the molecule is Cc1ccc(/C(O)=C2\C(=O)C(=O)N(c3ccc4c(c3)OCO4)C2c2ccc(OC(C)C)cc2)cc1. The summed E-state index contributed by atoms with van der Waals surface area (Å²) in [6.45, 7) is 5.89. The van der Waals surface area contributed by atoms with Gasteiger partial charge in [0.05, 0.1) is 17.7 Å². The molecule has 0 spiro atoms. The van der Waals surface area contributed by atoms with Crippen LogP contribution >= 0.6 is 0 Å². The molecule has 178 valence electrons. The highest BCUT2D eigenvalue weighted by molar-refractivity contribution is 6.51. The summed E-state index contributed by atoms with van der Waals surface area (Å²) in [6, 6.07) is 18.6. The van der Waals surface area contributed by atoms with Crippen LogP contribution in [0.1, 0.15) is 36.6 Å². The molecule has 7 heteroatoms. The number of anilines is 1. The minimum absolute atomic E-state index is 0.00153. The highest BCUT2D eigenvalue weighted by Crippen LogP contribution is 2.45. The summed E-state index contributed by atoms with van der Waals surface area (Å²) in [5.74, 6) is 0.0128. The van der Waals surface area contributed by atoms with E-state index in [-0.39, 0.29) is 24.2 Å². The van der Waals surface area contributed by atoms with Crippen molar-refractivity contribution in [3.8, 4) is 17.2 Å². The lowest BCUT2D eigenvalue weighted by molar-refractivity contribution is -0.132. The number of hydrogen-bond donors (Lipinski definition) is 1. The Hall–Kier alpha value is -4.26. The largest absolute Gasteiger partial charge is 0.507 e. The lowest BCUT2D eigenvalue weighted by Gasteiger charge is -2.26. The van der Waals surface area contributed by atoms with Crippen molar-refractivity contribution in [2.75, 3.05) is 11.7 Å². The molecule has 0 aliphatic carbocycles. The fourth-order valence-corrected chi connectivity index (χ4v) is 4.32. The van der Waals surface area contributed by atoms with E-state index >= 15 is 0 Å². The summed E-state index contributed by atoms with van der Waals surface area (Å²) >= 11 is 0. The zero-order valence-electron chi connectivity index (χ0n) is 19.6. The molecule has 5 rings (SSSR count). The van der Waals surface area contributed by atoms with Gasteiger partial charge in [0.1, 0.15) is 11.5 Å². The van der Waals surface area contributed by atoms with Gasteiger partial charge in [-0.1, -0.05) is 42.0 Å². The van der Waals surface area contributed by atoms with Crippen molar-refractivity contribution in [3.63, 3.8) is 0 Å². The molecular weight excluding hydrogens is 446 g/mol. The third-order valence-electron chi connectivity index (χ3n) is 5.97. The molecule has 1 N–H and O–H groups in total. The second-order valence-electron chi connectivity index (χ2n) is 8.81. The van der Waals surface area contributed by atoms with Crippen LogP contribution in [0.4, 0.5) is 5.69 Å². The molecule has 1 saturated heterocycles. The van der Waals surface area contributed by atoms with Gasteiger partial charge in [0.15, 0.2) is 11.5 Å². The number of ether oxygens (including phenoxy) is 3. The van der Waals surface area contributed by atoms with E-state index in [1.807, 2.05) is 32.9 Å². The smallest absolute Gasteiger partial charge is 0.300 e. The Morgan fingerprint density at radius 2 is 1.66 bits per heavy atom. The molecule has 2 heterocycles. The average molecular weight is 472 g/mol. The number of fused-ring (bicyclic) bond motifs is 1. The molecular formula is C28H25NO6. The Bertz CT molecular complexity index is 1320. The zero-order valence-corrected chi connectivity index (χ0v) is 19.6. The lowest BCUT2D eigenvalue weighted by Crippen LogP contribution is -2.29. The molecule has 3 aromatic rings. The standard InChI is InChI=1S/C28H25NO6/c1-16(2)35-21-11-8-18(9-12-21)25-24(26(30)19-6-4-17(3)5-7-19)27(31)28(32)29(25)20-10-13-22-23(14-20)34-15-33-22/h4-14,16,25,30H,15H2,1-3H3/b26-24+. The van der Waals surface area contributed by atoms with Gasteiger partial charge in [-0.15, -0.1) is 0 Å². The monoisotopic (exact) mass is 471 g/mol. The van der Waals surface area contributed by atoms with Crippen LogP contribution in [0.15, 0.2) is 72.3 Å². The van der Waals surface area contributed by atoms with Crippen LogP contribution in [0.25, 0.3) is 5.76 Å². The number of carbonyl (C=O) groups excluding carboxylic acids is 2. The summed E-state index contributed by atoms with van der Waals surface area (Å²) in [5, 5.41) is 11.2. The first-order valence-electron chi connectivity index (χ1n) is 11.4. The molecule has 1 unspecified atom stereocenters. The zero-order chi connectivity index (χ0) is 24.7. The van der Waals surface area contributed by atoms with E-state index in [1.165, 1.54) is 4.90 Å². The molecule has 0 bridgehead atoms. The van der Waals surface area contributed by atoms with Crippen LogP contribution in [0.2, 0.25) is 0 Å². The molecule has 1 fully saturated rings.